The molecule has 0 aliphatic heterocycles. The molecular weight excluding hydrogens is 325 g/mol. The van der Waals surface area contributed by atoms with Crippen LogP contribution >= 0.6 is 11.3 Å². The number of thiazole rings is 1. The van der Waals surface area contributed by atoms with Crippen LogP contribution in [0.15, 0.2) is 35.4 Å². The molecule has 21 heavy (non-hydrogen) atoms. The SMILES string of the molecule is Cc1cnc(CNc2ccccc2S(=O)(=O)C(F)(F)F)s1. The molecule has 4 nitrogen and oxygen atoms in total. The van der Waals surface area contributed by atoms with Crippen molar-refractivity contribution in [1.29, 1.82) is 0 Å². The maximum absolute atomic E-state index is 12.6. The zero-order chi connectivity index (χ0) is 15.7. The van der Waals surface area contributed by atoms with Crippen molar-refractivity contribution >= 4 is 26.9 Å². The lowest BCUT2D eigenvalue weighted by Gasteiger charge is -2.13. The Morgan fingerprint density at radius 2 is 1.95 bits per heavy atom. The summed E-state index contributed by atoms with van der Waals surface area (Å²) < 4.78 is 60.9. The molecule has 2 aromatic rings. The van der Waals surface area contributed by atoms with Crippen molar-refractivity contribution in [2.75, 3.05) is 5.32 Å². The van der Waals surface area contributed by atoms with Gasteiger partial charge in [-0.15, -0.1) is 11.3 Å². The van der Waals surface area contributed by atoms with Crippen molar-refractivity contribution in [3.8, 4) is 0 Å². The first-order valence-electron chi connectivity index (χ1n) is 5.77. The third kappa shape index (κ3) is 3.35. The number of alkyl halides is 3. The molecule has 1 heterocycles. The van der Waals surface area contributed by atoms with Crippen molar-refractivity contribution in [2.45, 2.75) is 23.9 Å². The molecule has 9 heteroatoms. The van der Waals surface area contributed by atoms with Crippen LogP contribution in [0, 0.1) is 6.92 Å². The molecule has 0 spiro atoms. The van der Waals surface area contributed by atoms with Crippen molar-refractivity contribution in [3.63, 3.8) is 0 Å². The topological polar surface area (TPSA) is 59.1 Å². The zero-order valence-corrected chi connectivity index (χ0v) is 12.4. The van der Waals surface area contributed by atoms with Gasteiger partial charge in [0.15, 0.2) is 0 Å². The van der Waals surface area contributed by atoms with Crippen LogP contribution in [0.25, 0.3) is 0 Å². The van der Waals surface area contributed by atoms with Crippen molar-refractivity contribution in [1.82, 2.24) is 4.98 Å². The summed E-state index contributed by atoms with van der Waals surface area (Å²) in [5, 5.41) is 3.35. The molecule has 0 aliphatic carbocycles. The summed E-state index contributed by atoms with van der Waals surface area (Å²) in [6, 6.07) is 4.93. The highest BCUT2D eigenvalue weighted by atomic mass is 32.2. The second-order valence-corrected chi connectivity index (χ2v) is 7.39. The summed E-state index contributed by atoms with van der Waals surface area (Å²) in [5.41, 5.74) is -5.43. The maximum atomic E-state index is 12.6. The highest BCUT2D eigenvalue weighted by Crippen LogP contribution is 2.34. The van der Waals surface area contributed by atoms with E-state index in [-0.39, 0.29) is 12.2 Å². The monoisotopic (exact) mass is 336 g/mol. The molecule has 0 fully saturated rings. The van der Waals surface area contributed by atoms with Crippen LogP contribution in [-0.4, -0.2) is 18.9 Å². The number of nitrogens with zero attached hydrogens (tertiary/aromatic N) is 1. The Balaban J connectivity index is 2.30. The number of aromatic nitrogens is 1. The molecule has 0 bridgehead atoms. The number of sulfone groups is 1. The molecule has 0 atom stereocenters. The van der Waals surface area contributed by atoms with E-state index in [1.54, 1.807) is 6.20 Å². The second-order valence-electron chi connectivity index (χ2n) is 4.16. The van der Waals surface area contributed by atoms with E-state index >= 15 is 0 Å². The van der Waals surface area contributed by atoms with Gasteiger partial charge in [-0.3, -0.25) is 0 Å². The largest absolute Gasteiger partial charge is 0.501 e. The minimum atomic E-state index is -5.39. The molecule has 0 amide bonds. The Hall–Kier alpha value is -1.61. The summed E-state index contributed by atoms with van der Waals surface area (Å²) >= 11 is 1.38. The van der Waals surface area contributed by atoms with E-state index in [1.807, 2.05) is 6.92 Å². The van der Waals surface area contributed by atoms with Crippen LogP contribution in [0.5, 0.6) is 0 Å². The van der Waals surface area contributed by atoms with Gasteiger partial charge in [0.1, 0.15) is 5.01 Å². The number of benzene rings is 1. The van der Waals surface area contributed by atoms with E-state index in [1.165, 1.54) is 29.5 Å². The van der Waals surface area contributed by atoms with Crippen molar-refractivity contribution in [2.24, 2.45) is 0 Å². The third-order valence-electron chi connectivity index (χ3n) is 2.58. The minimum absolute atomic E-state index is 0.0947. The first-order valence-corrected chi connectivity index (χ1v) is 8.07. The van der Waals surface area contributed by atoms with Gasteiger partial charge in [-0.25, -0.2) is 13.4 Å². The van der Waals surface area contributed by atoms with E-state index in [9.17, 15) is 21.6 Å². The average Bonchev–Trinajstić information content (AvgIpc) is 2.81. The van der Waals surface area contributed by atoms with Gasteiger partial charge >= 0.3 is 5.51 Å². The lowest BCUT2D eigenvalue weighted by Crippen LogP contribution is -2.24. The second kappa shape index (κ2) is 5.64. The van der Waals surface area contributed by atoms with Crippen molar-refractivity contribution in [3.05, 3.63) is 40.3 Å². The van der Waals surface area contributed by atoms with Gasteiger partial charge in [0.25, 0.3) is 9.84 Å². The van der Waals surface area contributed by atoms with Gasteiger partial charge < -0.3 is 5.32 Å². The molecule has 2 rings (SSSR count). The summed E-state index contributed by atoms with van der Waals surface area (Å²) in [6.07, 6.45) is 1.64. The molecule has 0 saturated heterocycles. The normalized spacial score (nSPS) is 12.4. The zero-order valence-electron chi connectivity index (χ0n) is 10.8. The molecule has 1 aromatic heterocycles. The van der Waals surface area contributed by atoms with E-state index in [0.717, 1.165) is 10.9 Å². The summed E-state index contributed by atoms with van der Waals surface area (Å²) in [7, 11) is -5.39. The van der Waals surface area contributed by atoms with E-state index in [4.69, 9.17) is 0 Å². The molecule has 1 aromatic carbocycles. The first kappa shape index (κ1) is 15.8. The van der Waals surface area contributed by atoms with Crippen molar-refractivity contribution < 1.29 is 21.6 Å². The van der Waals surface area contributed by atoms with E-state index in [2.05, 4.69) is 10.3 Å². The number of halogens is 3. The highest BCUT2D eigenvalue weighted by molar-refractivity contribution is 7.92. The predicted octanol–water partition coefficient (Wildman–Crippen LogP) is 3.36. The van der Waals surface area contributed by atoms with Crippen LogP contribution in [0.2, 0.25) is 0 Å². The number of nitrogens with one attached hydrogen (secondary N) is 1. The number of aryl methyl sites for hydroxylation is 1. The van der Waals surface area contributed by atoms with Crippen LogP contribution in [0.4, 0.5) is 18.9 Å². The van der Waals surface area contributed by atoms with Gasteiger partial charge in [-0.2, -0.15) is 13.2 Å². The molecular formula is C12H11F3N2O2S2. The Morgan fingerprint density at radius 3 is 2.52 bits per heavy atom. The van der Waals surface area contributed by atoms with E-state index < -0.39 is 20.2 Å². The summed E-state index contributed by atoms with van der Waals surface area (Å²) in [4.78, 5) is 4.23. The van der Waals surface area contributed by atoms with Gasteiger partial charge in [-0.05, 0) is 19.1 Å². The summed E-state index contributed by atoms with van der Waals surface area (Å²) in [5.74, 6) is 0. The fourth-order valence-corrected chi connectivity index (χ4v) is 3.29. The molecule has 0 aliphatic rings. The molecule has 114 valence electrons. The van der Waals surface area contributed by atoms with Crippen LogP contribution in [0.3, 0.4) is 0 Å². The smallest absolute Gasteiger partial charge is 0.377 e. The number of hydrogen-bond acceptors (Lipinski definition) is 5. The number of rotatable bonds is 4. The number of hydrogen-bond donors (Lipinski definition) is 1. The Labute approximate surface area is 123 Å². The maximum Gasteiger partial charge on any atom is 0.501 e. The third-order valence-corrected chi connectivity index (χ3v) is 5.04. The Morgan fingerprint density at radius 1 is 1.29 bits per heavy atom. The van der Waals surface area contributed by atoms with E-state index in [0.29, 0.717) is 5.01 Å². The average molecular weight is 336 g/mol. The van der Waals surface area contributed by atoms with Gasteiger partial charge in [-0.1, -0.05) is 12.1 Å². The quantitative estimate of drug-likeness (QED) is 0.930. The van der Waals surface area contributed by atoms with Gasteiger partial charge in [0.05, 0.1) is 17.1 Å². The van der Waals surface area contributed by atoms with Gasteiger partial charge in [0.2, 0.25) is 0 Å². The number of para-hydroxylation sites is 1. The lowest BCUT2D eigenvalue weighted by molar-refractivity contribution is -0.0435. The number of anilines is 1. The standard InChI is InChI=1S/C12H11F3N2O2S2/c1-8-6-17-11(20-8)7-16-9-4-2-3-5-10(9)21(18,19)12(13,14)15/h2-6,16H,7H2,1H3. The molecule has 0 radical (unpaired) electrons. The summed E-state index contributed by atoms with van der Waals surface area (Å²) in [6.45, 7) is 2.01. The molecule has 0 saturated carbocycles. The van der Waals surface area contributed by atoms with Gasteiger partial charge in [0, 0.05) is 11.1 Å². The Bertz CT molecular complexity index is 739. The minimum Gasteiger partial charge on any atom is -0.377 e. The molecule has 1 N–H and O–H groups in total. The highest BCUT2D eigenvalue weighted by Gasteiger charge is 2.47. The van der Waals surface area contributed by atoms with Crippen LogP contribution < -0.4 is 5.32 Å². The van der Waals surface area contributed by atoms with Crippen LogP contribution in [0.1, 0.15) is 9.88 Å². The Kier molecular flexibility index (Phi) is 4.24. The van der Waals surface area contributed by atoms with Crippen LogP contribution in [-0.2, 0) is 16.4 Å². The first-order chi connectivity index (χ1) is 9.72. The lowest BCUT2D eigenvalue weighted by atomic mass is 10.3. The fraction of sp³-hybridized carbons (Fsp3) is 0.250. The predicted molar refractivity (Wildman–Crippen MR) is 73.9 cm³/mol. The fourth-order valence-electron chi connectivity index (χ4n) is 1.63. The molecule has 0 unspecified atom stereocenters.